The van der Waals surface area contributed by atoms with Gasteiger partial charge < -0.3 is 14.6 Å². The lowest BCUT2D eigenvalue weighted by Gasteiger charge is -2.11. The summed E-state index contributed by atoms with van der Waals surface area (Å²) in [6.45, 7) is 5.01. The van der Waals surface area contributed by atoms with Crippen molar-refractivity contribution in [1.29, 1.82) is 0 Å². The molecular formula is C15H19N3O2. The molecule has 1 saturated carbocycles. The van der Waals surface area contributed by atoms with Gasteiger partial charge in [-0.3, -0.25) is 4.98 Å². The van der Waals surface area contributed by atoms with Crippen LogP contribution in [0.4, 0.5) is 0 Å². The van der Waals surface area contributed by atoms with Crippen LogP contribution < -0.4 is 10.1 Å². The molecule has 1 aliphatic carbocycles. The van der Waals surface area contributed by atoms with E-state index >= 15 is 0 Å². The van der Waals surface area contributed by atoms with Gasteiger partial charge in [0.1, 0.15) is 12.4 Å². The maximum atomic E-state index is 5.81. The second-order valence-electron chi connectivity index (χ2n) is 5.28. The minimum absolute atomic E-state index is 0.377. The van der Waals surface area contributed by atoms with Crippen molar-refractivity contribution in [2.45, 2.75) is 45.9 Å². The van der Waals surface area contributed by atoms with Gasteiger partial charge >= 0.3 is 0 Å². The highest BCUT2D eigenvalue weighted by atomic mass is 16.5. The van der Waals surface area contributed by atoms with Gasteiger partial charge in [-0.15, -0.1) is 0 Å². The Hall–Kier alpha value is -1.88. The maximum Gasteiger partial charge on any atom is 0.174 e. The number of hydrogen-bond donors (Lipinski definition) is 1. The van der Waals surface area contributed by atoms with Crippen molar-refractivity contribution < 1.29 is 9.26 Å². The fourth-order valence-electron chi connectivity index (χ4n) is 2.02. The van der Waals surface area contributed by atoms with E-state index < -0.39 is 0 Å². The van der Waals surface area contributed by atoms with E-state index in [9.17, 15) is 0 Å². The first-order chi connectivity index (χ1) is 9.70. The Kier molecular flexibility index (Phi) is 3.69. The summed E-state index contributed by atoms with van der Waals surface area (Å²) in [6.07, 6.45) is 2.53. The van der Waals surface area contributed by atoms with E-state index in [2.05, 4.69) is 15.5 Å². The Bertz CT molecular complexity index is 591. The molecule has 5 heteroatoms. The number of nitrogens with zero attached hydrogens (tertiary/aromatic N) is 2. The van der Waals surface area contributed by atoms with Crippen molar-refractivity contribution in [2.24, 2.45) is 0 Å². The number of nitrogens with one attached hydrogen (secondary N) is 1. The van der Waals surface area contributed by atoms with Gasteiger partial charge in [-0.25, -0.2) is 0 Å². The van der Waals surface area contributed by atoms with Crippen molar-refractivity contribution in [3.05, 3.63) is 41.0 Å². The monoisotopic (exact) mass is 273 g/mol. The predicted octanol–water partition coefficient (Wildman–Crippen LogP) is 2.52. The third-order valence-corrected chi connectivity index (χ3v) is 3.25. The Morgan fingerprint density at radius 3 is 2.85 bits per heavy atom. The van der Waals surface area contributed by atoms with E-state index in [0.717, 1.165) is 35.1 Å². The maximum absolute atomic E-state index is 5.81. The first-order valence-electron chi connectivity index (χ1n) is 6.95. The summed E-state index contributed by atoms with van der Waals surface area (Å²) in [6, 6.07) is 6.46. The van der Waals surface area contributed by atoms with Gasteiger partial charge in [0.05, 0.1) is 11.4 Å². The first kappa shape index (κ1) is 13.1. The fourth-order valence-corrected chi connectivity index (χ4v) is 2.02. The average molecular weight is 273 g/mol. The van der Waals surface area contributed by atoms with Crippen LogP contribution in [0.1, 0.15) is 35.7 Å². The van der Waals surface area contributed by atoms with Crippen LogP contribution in [0.3, 0.4) is 0 Å². The molecule has 0 saturated heterocycles. The van der Waals surface area contributed by atoms with Crippen LogP contribution in [-0.2, 0) is 13.2 Å². The lowest BCUT2D eigenvalue weighted by molar-refractivity contribution is 0.245. The molecule has 1 aliphatic rings. The molecule has 20 heavy (non-hydrogen) atoms. The molecule has 5 nitrogen and oxygen atoms in total. The SMILES string of the molecule is Cc1cc(COc2ccc(C)nc2CNC2CC2)on1. The van der Waals surface area contributed by atoms with Gasteiger partial charge in [0, 0.05) is 24.3 Å². The lowest BCUT2D eigenvalue weighted by Crippen LogP contribution is -2.17. The highest BCUT2D eigenvalue weighted by molar-refractivity contribution is 5.29. The summed E-state index contributed by atoms with van der Waals surface area (Å²) in [7, 11) is 0. The van der Waals surface area contributed by atoms with E-state index in [-0.39, 0.29) is 0 Å². The third-order valence-electron chi connectivity index (χ3n) is 3.25. The van der Waals surface area contributed by atoms with Crippen LogP contribution >= 0.6 is 0 Å². The smallest absolute Gasteiger partial charge is 0.174 e. The molecule has 106 valence electrons. The van der Waals surface area contributed by atoms with E-state index in [4.69, 9.17) is 9.26 Å². The molecule has 0 bridgehead atoms. The number of rotatable bonds is 6. The summed E-state index contributed by atoms with van der Waals surface area (Å²) in [4.78, 5) is 4.56. The Labute approximate surface area is 118 Å². The summed E-state index contributed by atoms with van der Waals surface area (Å²) < 4.78 is 11.0. The minimum Gasteiger partial charge on any atom is -0.484 e. The van der Waals surface area contributed by atoms with Crippen LogP contribution in [0.5, 0.6) is 5.75 Å². The molecule has 2 heterocycles. The van der Waals surface area contributed by atoms with Gasteiger partial charge in [0.2, 0.25) is 0 Å². The van der Waals surface area contributed by atoms with Gasteiger partial charge in [-0.1, -0.05) is 5.16 Å². The zero-order valence-electron chi connectivity index (χ0n) is 11.8. The molecule has 2 aromatic heterocycles. The molecule has 1 N–H and O–H groups in total. The van der Waals surface area contributed by atoms with Crippen molar-refractivity contribution in [1.82, 2.24) is 15.5 Å². The molecule has 0 spiro atoms. The van der Waals surface area contributed by atoms with Crippen molar-refractivity contribution >= 4 is 0 Å². The normalized spacial score (nSPS) is 14.5. The summed E-state index contributed by atoms with van der Waals surface area (Å²) in [5.41, 5.74) is 2.81. The Balaban J connectivity index is 1.66. The predicted molar refractivity (Wildman–Crippen MR) is 74.4 cm³/mol. The average Bonchev–Trinajstić information content (AvgIpc) is 3.17. The van der Waals surface area contributed by atoms with E-state index in [1.807, 2.05) is 32.0 Å². The van der Waals surface area contributed by atoms with Crippen molar-refractivity contribution in [3.8, 4) is 5.75 Å². The molecule has 0 aliphatic heterocycles. The van der Waals surface area contributed by atoms with Crippen LogP contribution in [0.25, 0.3) is 0 Å². The molecule has 2 aromatic rings. The quantitative estimate of drug-likeness (QED) is 0.876. The van der Waals surface area contributed by atoms with Crippen molar-refractivity contribution in [3.63, 3.8) is 0 Å². The summed E-state index contributed by atoms with van der Waals surface area (Å²) >= 11 is 0. The fraction of sp³-hybridized carbons (Fsp3) is 0.467. The van der Waals surface area contributed by atoms with E-state index in [1.165, 1.54) is 12.8 Å². The number of ether oxygens (including phenoxy) is 1. The van der Waals surface area contributed by atoms with Crippen LogP contribution in [0.15, 0.2) is 22.7 Å². The molecule has 0 amide bonds. The number of aryl methyl sites for hydroxylation is 2. The topological polar surface area (TPSA) is 60.2 Å². The largest absolute Gasteiger partial charge is 0.484 e. The standard InChI is InChI=1S/C15H19N3O2/c1-10-3-6-15(14(17-10)8-16-12-4-5-12)19-9-13-7-11(2)18-20-13/h3,6-7,12,16H,4-5,8-9H2,1-2H3. The number of hydrogen-bond acceptors (Lipinski definition) is 5. The minimum atomic E-state index is 0.377. The second-order valence-corrected chi connectivity index (χ2v) is 5.28. The highest BCUT2D eigenvalue weighted by Crippen LogP contribution is 2.22. The third kappa shape index (κ3) is 3.36. The zero-order chi connectivity index (χ0) is 13.9. The number of aromatic nitrogens is 2. The zero-order valence-corrected chi connectivity index (χ0v) is 11.8. The van der Waals surface area contributed by atoms with Crippen LogP contribution in [0, 0.1) is 13.8 Å². The van der Waals surface area contributed by atoms with Gasteiger partial charge in [0.25, 0.3) is 0 Å². The summed E-state index contributed by atoms with van der Waals surface area (Å²) in [5.74, 6) is 1.53. The van der Waals surface area contributed by atoms with Crippen LogP contribution in [-0.4, -0.2) is 16.2 Å². The van der Waals surface area contributed by atoms with Crippen molar-refractivity contribution in [2.75, 3.05) is 0 Å². The highest BCUT2D eigenvalue weighted by Gasteiger charge is 2.21. The Morgan fingerprint density at radius 2 is 2.15 bits per heavy atom. The number of pyridine rings is 1. The molecule has 0 aromatic carbocycles. The van der Waals surface area contributed by atoms with Gasteiger partial charge in [-0.05, 0) is 38.8 Å². The molecule has 1 fully saturated rings. The Morgan fingerprint density at radius 1 is 1.30 bits per heavy atom. The van der Waals surface area contributed by atoms with E-state index in [0.29, 0.717) is 12.6 Å². The first-order valence-corrected chi connectivity index (χ1v) is 6.95. The van der Waals surface area contributed by atoms with Crippen LogP contribution in [0.2, 0.25) is 0 Å². The molecule has 0 atom stereocenters. The lowest BCUT2D eigenvalue weighted by atomic mass is 10.2. The molecular weight excluding hydrogens is 254 g/mol. The second kappa shape index (κ2) is 5.63. The molecule has 0 radical (unpaired) electrons. The van der Waals surface area contributed by atoms with Gasteiger partial charge in [-0.2, -0.15) is 0 Å². The van der Waals surface area contributed by atoms with Gasteiger partial charge in [0.15, 0.2) is 5.76 Å². The van der Waals surface area contributed by atoms with E-state index in [1.54, 1.807) is 0 Å². The summed E-state index contributed by atoms with van der Waals surface area (Å²) in [5, 5.41) is 7.31. The molecule has 0 unspecified atom stereocenters. The molecule has 3 rings (SSSR count).